The Hall–Kier alpha value is 0.0600. The van der Waals surface area contributed by atoms with Gasteiger partial charge in [-0.2, -0.15) is 11.8 Å². The molecule has 17 heavy (non-hydrogen) atoms. The Bertz CT molecular complexity index is 421. The maximum Gasteiger partial charge on any atom is 0.251 e. The molecule has 5 heteroatoms. The third kappa shape index (κ3) is 3.76. The Morgan fingerprint density at radius 2 is 2.41 bits per heavy atom. The van der Waals surface area contributed by atoms with E-state index in [1.807, 2.05) is 23.9 Å². The molecule has 2 rings (SSSR count). The first-order valence-electron chi connectivity index (χ1n) is 5.51. The van der Waals surface area contributed by atoms with Gasteiger partial charge in [-0.25, -0.2) is 0 Å². The third-order valence-corrected chi connectivity index (χ3v) is 5.67. The van der Waals surface area contributed by atoms with Gasteiger partial charge < -0.3 is 5.32 Å². The van der Waals surface area contributed by atoms with Gasteiger partial charge in [0, 0.05) is 20.9 Å². The van der Waals surface area contributed by atoms with E-state index in [0.717, 1.165) is 10.1 Å². The van der Waals surface area contributed by atoms with Crippen LogP contribution >= 0.6 is 46.0 Å². The molecule has 1 saturated heterocycles. The molecule has 1 aromatic carbocycles. The molecule has 1 aromatic rings. The van der Waals surface area contributed by atoms with Crippen LogP contribution in [0.1, 0.15) is 23.2 Å². The highest BCUT2D eigenvalue weighted by Gasteiger charge is 2.16. The summed E-state index contributed by atoms with van der Waals surface area (Å²) in [7, 11) is 0. The minimum Gasteiger partial charge on any atom is -0.351 e. The number of hydrogen-bond donors (Lipinski definition) is 1. The molecular weight excluding hydrogens is 369 g/mol. The highest BCUT2D eigenvalue weighted by molar-refractivity contribution is 14.1. The number of hydrogen-bond acceptors (Lipinski definition) is 2. The quantitative estimate of drug-likeness (QED) is 0.811. The van der Waals surface area contributed by atoms with E-state index in [2.05, 4.69) is 27.9 Å². The first-order valence-corrected chi connectivity index (χ1v) is 8.02. The van der Waals surface area contributed by atoms with E-state index in [0.29, 0.717) is 15.8 Å². The van der Waals surface area contributed by atoms with Crippen LogP contribution in [0.25, 0.3) is 0 Å². The van der Waals surface area contributed by atoms with E-state index >= 15 is 0 Å². The smallest absolute Gasteiger partial charge is 0.251 e. The van der Waals surface area contributed by atoms with Gasteiger partial charge in [-0.1, -0.05) is 11.6 Å². The molecule has 0 radical (unpaired) electrons. The summed E-state index contributed by atoms with van der Waals surface area (Å²) in [6.07, 6.45) is 2.47. The summed E-state index contributed by atoms with van der Waals surface area (Å²) in [5.74, 6) is 1.19. The van der Waals surface area contributed by atoms with Crippen LogP contribution in [0.15, 0.2) is 18.2 Å². The summed E-state index contributed by atoms with van der Waals surface area (Å²) in [5, 5.41) is 4.18. The summed E-state index contributed by atoms with van der Waals surface area (Å²) in [4.78, 5) is 11.9. The second kappa shape index (κ2) is 6.29. The van der Waals surface area contributed by atoms with Crippen molar-refractivity contribution in [3.63, 3.8) is 0 Å². The summed E-state index contributed by atoms with van der Waals surface area (Å²) >= 11 is 10.1. The summed E-state index contributed by atoms with van der Waals surface area (Å²) in [6.45, 7) is 0.757. The Morgan fingerprint density at radius 1 is 1.59 bits per heavy atom. The minimum atomic E-state index is -0.0317. The molecule has 2 nitrogen and oxygen atoms in total. The van der Waals surface area contributed by atoms with E-state index in [9.17, 15) is 4.79 Å². The number of amides is 1. The van der Waals surface area contributed by atoms with E-state index in [-0.39, 0.29) is 5.91 Å². The van der Waals surface area contributed by atoms with E-state index in [1.165, 1.54) is 18.6 Å². The number of rotatable bonds is 3. The van der Waals surface area contributed by atoms with Crippen molar-refractivity contribution in [1.29, 1.82) is 0 Å². The van der Waals surface area contributed by atoms with Crippen LogP contribution in [-0.2, 0) is 0 Å². The molecule has 1 amide bonds. The number of benzene rings is 1. The van der Waals surface area contributed by atoms with Crippen molar-refractivity contribution in [3.8, 4) is 0 Å². The highest BCUT2D eigenvalue weighted by atomic mass is 127. The van der Waals surface area contributed by atoms with Gasteiger partial charge in [-0.3, -0.25) is 4.79 Å². The molecule has 0 spiro atoms. The standard InChI is InChI=1S/C12H13ClINOS/c13-10-6-8(3-4-11(10)14)12(16)15-7-9-2-1-5-17-9/h3-4,6,9H,1-2,5,7H2,(H,15,16). The molecule has 1 heterocycles. The second-order valence-electron chi connectivity index (χ2n) is 3.97. The van der Waals surface area contributed by atoms with Gasteiger partial charge in [-0.15, -0.1) is 0 Å². The van der Waals surface area contributed by atoms with Crippen LogP contribution < -0.4 is 5.32 Å². The van der Waals surface area contributed by atoms with Gasteiger partial charge in [0.15, 0.2) is 0 Å². The van der Waals surface area contributed by atoms with Crippen molar-refractivity contribution < 1.29 is 4.79 Å². The zero-order valence-electron chi connectivity index (χ0n) is 9.21. The lowest BCUT2D eigenvalue weighted by Crippen LogP contribution is -2.29. The Kier molecular flexibility index (Phi) is 4.99. The fraction of sp³-hybridized carbons (Fsp3) is 0.417. The lowest BCUT2D eigenvalue weighted by atomic mass is 10.2. The predicted molar refractivity (Wildman–Crippen MR) is 82.0 cm³/mol. The molecule has 0 bridgehead atoms. The molecule has 1 unspecified atom stereocenters. The predicted octanol–water partition coefficient (Wildman–Crippen LogP) is 3.57. The number of nitrogens with one attached hydrogen (secondary N) is 1. The van der Waals surface area contributed by atoms with Crippen molar-refractivity contribution in [1.82, 2.24) is 5.32 Å². The monoisotopic (exact) mass is 381 g/mol. The molecular formula is C12H13ClINOS. The molecule has 1 atom stereocenters. The Morgan fingerprint density at radius 3 is 3.06 bits per heavy atom. The largest absolute Gasteiger partial charge is 0.351 e. The zero-order valence-corrected chi connectivity index (χ0v) is 12.9. The maximum atomic E-state index is 11.9. The van der Waals surface area contributed by atoms with E-state index in [4.69, 9.17) is 11.6 Å². The van der Waals surface area contributed by atoms with Crippen LogP contribution in [0.5, 0.6) is 0 Å². The summed E-state index contributed by atoms with van der Waals surface area (Å²) in [6, 6.07) is 5.40. The number of thioether (sulfide) groups is 1. The fourth-order valence-electron chi connectivity index (χ4n) is 1.75. The van der Waals surface area contributed by atoms with Crippen LogP contribution in [-0.4, -0.2) is 23.5 Å². The third-order valence-electron chi connectivity index (χ3n) is 2.70. The topological polar surface area (TPSA) is 29.1 Å². The first kappa shape index (κ1) is 13.5. The Balaban J connectivity index is 1.92. The molecule has 0 aliphatic carbocycles. The second-order valence-corrected chi connectivity index (χ2v) is 6.95. The summed E-state index contributed by atoms with van der Waals surface area (Å²) < 4.78 is 0.965. The van der Waals surface area contributed by atoms with Gasteiger partial charge in [0.05, 0.1) is 5.02 Å². The van der Waals surface area contributed by atoms with Gasteiger partial charge in [-0.05, 0) is 59.4 Å². The van der Waals surface area contributed by atoms with Crippen molar-refractivity contribution in [2.24, 2.45) is 0 Å². The van der Waals surface area contributed by atoms with Gasteiger partial charge in [0.25, 0.3) is 5.91 Å². The summed E-state index contributed by atoms with van der Waals surface area (Å²) in [5.41, 5.74) is 0.637. The Labute approximate surface area is 124 Å². The van der Waals surface area contributed by atoms with Gasteiger partial charge >= 0.3 is 0 Å². The molecule has 1 aliphatic heterocycles. The van der Waals surface area contributed by atoms with Crippen LogP contribution in [0.2, 0.25) is 5.02 Å². The van der Waals surface area contributed by atoms with Crippen molar-refractivity contribution in [3.05, 3.63) is 32.4 Å². The SMILES string of the molecule is O=C(NCC1CCCS1)c1ccc(I)c(Cl)c1. The zero-order chi connectivity index (χ0) is 12.3. The van der Waals surface area contributed by atoms with Crippen molar-refractivity contribution in [2.45, 2.75) is 18.1 Å². The average molecular weight is 382 g/mol. The van der Waals surface area contributed by atoms with Gasteiger partial charge in [0.1, 0.15) is 0 Å². The molecule has 1 aliphatic rings. The van der Waals surface area contributed by atoms with Crippen LogP contribution in [0, 0.1) is 3.57 Å². The number of halogens is 2. The maximum absolute atomic E-state index is 11.9. The molecule has 1 N–H and O–H groups in total. The number of carbonyl (C=O) groups excluding carboxylic acids is 1. The number of carbonyl (C=O) groups is 1. The molecule has 0 saturated carbocycles. The fourth-order valence-corrected chi connectivity index (χ4v) is 3.47. The molecule has 0 aromatic heterocycles. The van der Waals surface area contributed by atoms with Gasteiger partial charge in [0.2, 0.25) is 0 Å². The molecule has 92 valence electrons. The lowest BCUT2D eigenvalue weighted by Gasteiger charge is -2.10. The lowest BCUT2D eigenvalue weighted by molar-refractivity contribution is 0.0953. The van der Waals surface area contributed by atoms with Crippen LogP contribution in [0.3, 0.4) is 0 Å². The minimum absolute atomic E-state index is 0.0317. The van der Waals surface area contributed by atoms with E-state index < -0.39 is 0 Å². The van der Waals surface area contributed by atoms with Crippen molar-refractivity contribution >= 4 is 51.9 Å². The van der Waals surface area contributed by atoms with Crippen molar-refractivity contribution in [2.75, 3.05) is 12.3 Å². The first-order chi connectivity index (χ1) is 8.16. The normalized spacial score (nSPS) is 19.3. The highest BCUT2D eigenvalue weighted by Crippen LogP contribution is 2.25. The average Bonchev–Trinajstić information content (AvgIpc) is 2.82. The van der Waals surface area contributed by atoms with E-state index in [1.54, 1.807) is 6.07 Å². The van der Waals surface area contributed by atoms with Crippen LogP contribution in [0.4, 0.5) is 0 Å². The molecule has 1 fully saturated rings.